The number of H-pyrrole nitrogens is 2. The van der Waals surface area contributed by atoms with Gasteiger partial charge in [-0.15, -0.1) is 0 Å². The van der Waals surface area contributed by atoms with Crippen LogP contribution in [0.25, 0.3) is 0 Å². The number of hydrogen-bond donors (Lipinski definition) is 6. The number of nitrogens with one attached hydrogen (secondary N) is 5. The Labute approximate surface area is 159 Å². The standard InChI is InChI=1S/C16H21N7O5/c1-9(24)22-12(2-10-4-17-7-20-10)15(26)19-6-14(25)23-13(16(27)28)3-11-5-18-8-21-11/h4-5,7-8,12-13H,2-3,6H2,1H3,(H,17,20)(H,18,21)(H,19,26)(H,22,24)(H,23,25)(H,27,28). The summed E-state index contributed by atoms with van der Waals surface area (Å²) in [5.74, 6) is -2.89. The van der Waals surface area contributed by atoms with Gasteiger partial charge in [0.05, 0.1) is 19.2 Å². The molecule has 0 bridgehead atoms. The minimum atomic E-state index is -1.22. The third-order valence-corrected chi connectivity index (χ3v) is 3.71. The maximum absolute atomic E-state index is 12.3. The normalized spacial score (nSPS) is 12.6. The molecular formula is C16H21N7O5. The van der Waals surface area contributed by atoms with Gasteiger partial charge in [0.1, 0.15) is 12.1 Å². The second-order valence-corrected chi connectivity index (χ2v) is 5.99. The highest BCUT2D eigenvalue weighted by Gasteiger charge is 2.24. The highest BCUT2D eigenvalue weighted by atomic mass is 16.4. The number of carboxylic acid groups (broad SMARTS) is 1. The molecule has 0 aromatic carbocycles. The molecule has 2 unspecified atom stereocenters. The van der Waals surface area contributed by atoms with Crippen LogP contribution in [0.3, 0.4) is 0 Å². The van der Waals surface area contributed by atoms with E-state index in [1.54, 1.807) is 0 Å². The summed E-state index contributed by atoms with van der Waals surface area (Å²) in [6.07, 6.45) is 5.99. The molecule has 0 aliphatic carbocycles. The molecule has 0 saturated heterocycles. The quantitative estimate of drug-likeness (QED) is 0.273. The fraction of sp³-hybridized carbons (Fsp3) is 0.375. The average molecular weight is 391 g/mol. The van der Waals surface area contributed by atoms with Crippen molar-refractivity contribution in [2.75, 3.05) is 6.54 Å². The minimum Gasteiger partial charge on any atom is -0.480 e. The van der Waals surface area contributed by atoms with E-state index in [1.165, 1.54) is 32.0 Å². The van der Waals surface area contributed by atoms with Crippen LogP contribution in [0.15, 0.2) is 25.0 Å². The van der Waals surface area contributed by atoms with Gasteiger partial charge in [-0.2, -0.15) is 0 Å². The highest BCUT2D eigenvalue weighted by Crippen LogP contribution is 2.00. The molecule has 0 fully saturated rings. The number of hydrogen-bond acceptors (Lipinski definition) is 6. The summed E-state index contributed by atoms with van der Waals surface area (Å²) in [6, 6.07) is -2.09. The number of carbonyl (C=O) groups is 4. The van der Waals surface area contributed by atoms with Crippen molar-refractivity contribution >= 4 is 23.7 Å². The topological polar surface area (TPSA) is 182 Å². The molecule has 2 atom stereocenters. The maximum atomic E-state index is 12.3. The van der Waals surface area contributed by atoms with Gasteiger partial charge in [-0.3, -0.25) is 14.4 Å². The molecule has 2 heterocycles. The summed E-state index contributed by atoms with van der Waals surface area (Å²) in [4.78, 5) is 60.2. The molecule has 3 amide bonds. The summed E-state index contributed by atoms with van der Waals surface area (Å²) >= 11 is 0. The lowest BCUT2D eigenvalue weighted by Gasteiger charge is -2.18. The van der Waals surface area contributed by atoms with E-state index >= 15 is 0 Å². The predicted octanol–water partition coefficient (Wildman–Crippen LogP) is -1.89. The SMILES string of the molecule is CC(=O)NC(Cc1cnc[nH]1)C(=O)NCC(=O)NC(Cc1cnc[nH]1)C(=O)O. The first kappa shape index (κ1) is 20.6. The molecule has 0 aliphatic heterocycles. The number of carbonyl (C=O) groups excluding carboxylic acids is 3. The molecule has 2 aromatic rings. The van der Waals surface area contributed by atoms with Crippen LogP contribution in [0, 0.1) is 0 Å². The highest BCUT2D eigenvalue weighted by molar-refractivity contribution is 5.91. The third kappa shape index (κ3) is 6.55. The number of aromatic amines is 2. The van der Waals surface area contributed by atoms with E-state index in [1.807, 2.05) is 0 Å². The predicted molar refractivity (Wildman–Crippen MR) is 94.8 cm³/mol. The first-order valence-corrected chi connectivity index (χ1v) is 8.36. The average Bonchev–Trinajstić information content (AvgIpc) is 3.32. The largest absolute Gasteiger partial charge is 0.480 e. The molecule has 2 rings (SSSR count). The minimum absolute atomic E-state index is 0.0172. The van der Waals surface area contributed by atoms with E-state index in [-0.39, 0.29) is 12.8 Å². The second kappa shape index (κ2) is 9.85. The van der Waals surface area contributed by atoms with Crippen LogP contribution < -0.4 is 16.0 Å². The van der Waals surface area contributed by atoms with E-state index in [4.69, 9.17) is 0 Å². The van der Waals surface area contributed by atoms with Crippen molar-refractivity contribution < 1.29 is 24.3 Å². The lowest BCUT2D eigenvalue weighted by Crippen LogP contribution is -2.51. The molecule has 0 saturated carbocycles. The van der Waals surface area contributed by atoms with E-state index in [2.05, 4.69) is 35.9 Å². The van der Waals surface area contributed by atoms with E-state index in [0.29, 0.717) is 11.4 Å². The van der Waals surface area contributed by atoms with Crippen LogP contribution >= 0.6 is 0 Å². The van der Waals surface area contributed by atoms with Crippen molar-refractivity contribution in [3.8, 4) is 0 Å². The third-order valence-electron chi connectivity index (χ3n) is 3.71. The number of aromatic nitrogens is 4. The number of amides is 3. The van der Waals surface area contributed by atoms with Crippen molar-refractivity contribution in [2.45, 2.75) is 31.8 Å². The van der Waals surface area contributed by atoms with E-state index in [9.17, 15) is 24.3 Å². The fourth-order valence-electron chi connectivity index (χ4n) is 2.42. The van der Waals surface area contributed by atoms with Crippen LogP contribution in [-0.4, -0.2) is 67.4 Å². The van der Waals surface area contributed by atoms with Crippen molar-refractivity contribution in [3.63, 3.8) is 0 Å². The van der Waals surface area contributed by atoms with Crippen molar-refractivity contribution in [1.82, 2.24) is 35.9 Å². The molecule has 0 spiro atoms. The number of aliphatic carboxylic acids is 1. The summed E-state index contributed by atoms with van der Waals surface area (Å²) in [6.45, 7) is 0.831. The van der Waals surface area contributed by atoms with Gasteiger partial charge in [-0.25, -0.2) is 14.8 Å². The molecular weight excluding hydrogens is 370 g/mol. The Balaban J connectivity index is 1.88. The Kier molecular flexibility index (Phi) is 7.25. The first-order chi connectivity index (χ1) is 13.3. The van der Waals surface area contributed by atoms with Crippen LogP contribution in [0.4, 0.5) is 0 Å². The summed E-state index contributed by atoms with van der Waals surface area (Å²) < 4.78 is 0. The first-order valence-electron chi connectivity index (χ1n) is 8.36. The molecule has 6 N–H and O–H groups in total. The molecule has 2 aromatic heterocycles. The molecule has 0 aliphatic rings. The number of rotatable bonds is 10. The monoisotopic (exact) mass is 391 g/mol. The van der Waals surface area contributed by atoms with Crippen molar-refractivity contribution in [1.29, 1.82) is 0 Å². The molecule has 28 heavy (non-hydrogen) atoms. The van der Waals surface area contributed by atoms with Crippen LogP contribution in [0.2, 0.25) is 0 Å². The van der Waals surface area contributed by atoms with Gasteiger partial charge < -0.3 is 31.0 Å². The number of carboxylic acids is 1. The molecule has 150 valence electrons. The van der Waals surface area contributed by atoms with Gasteiger partial charge in [-0.1, -0.05) is 0 Å². The van der Waals surface area contributed by atoms with Crippen molar-refractivity contribution in [2.24, 2.45) is 0 Å². The summed E-state index contributed by atoms with van der Waals surface area (Å²) in [5, 5.41) is 16.5. The van der Waals surface area contributed by atoms with Crippen LogP contribution in [0.5, 0.6) is 0 Å². The Hall–Kier alpha value is -3.70. The zero-order valence-corrected chi connectivity index (χ0v) is 15.1. The van der Waals surface area contributed by atoms with E-state index < -0.39 is 42.3 Å². The van der Waals surface area contributed by atoms with Gasteiger partial charge in [0, 0.05) is 43.5 Å². The van der Waals surface area contributed by atoms with E-state index in [0.717, 1.165) is 0 Å². The Morgan fingerprint density at radius 3 is 2.04 bits per heavy atom. The number of nitrogens with zero attached hydrogens (tertiary/aromatic N) is 2. The Morgan fingerprint density at radius 1 is 1.00 bits per heavy atom. The second-order valence-electron chi connectivity index (χ2n) is 5.99. The van der Waals surface area contributed by atoms with Crippen molar-refractivity contribution in [3.05, 3.63) is 36.4 Å². The fourth-order valence-corrected chi connectivity index (χ4v) is 2.42. The Morgan fingerprint density at radius 2 is 1.57 bits per heavy atom. The van der Waals surface area contributed by atoms with Gasteiger partial charge in [-0.05, 0) is 0 Å². The summed E-state index contributed by atoms with van der Waals surface area (Å²) in [7, 11) is 0. The zero-order valence-electron chi connectivity index (χ0n) is 15.1. The lowest BCUT2D eigenvalue weighted by molar-refractivity contribution is -0.141. The maximum Gasteiger partial charge on any atom is 0.326 e. The number of imidazole rings is 2. The Bertz CT molecular complexity index is 803. The summed E-state index contributed by atoms with van der Waals surface area (Å²) in [5.41, 5.74) is 1.17. The molecule has 12 nitrogen and oxygen atoms in total. The molecule has 0 radical (unpaired) electrons. The van der Waals surface area contributed by atoms with Crippen LogP contribution in [0.1, 0.15) is 18.3 Å². The van der Waals surface area contributed by atoms with Gasteiger partial charge in [0.25, 0.3) is 0 Å². The lowest BCUT2D eigenvalue weighted by atomic mass is 10.1. The van der Waals surface area contributed by atoms with Gasteiger partial charge in [0.15, 0.2) is 0 Å². The van der Waals surface area contributed by atoms with Gasteiger partial charge >= 0.3 is 5.97 Å². The van der Waals surface area contributed by atoms with Gasteiger partial charge in [0.2, 0.25) is 17.7 Å². The zero-order chi connectivity index (χ0) is 20.5. The smallest absolute Gasteiger partial charge is 0.326 e. The molecule has 12 heteroatoms. The van der Waals surface area contributed by atoms with Crippen LogP contribution in [-0.2, 0) is 32.0 Å².